The molecule has 0 N–H and O–H groups in total. The minimum atomic E-state index is 0.556. The normalized spacial score (nSPS) is 10.6. The highest BCUT2D eigenvalue weighted by Gasteiger charge is 2.11. The minimum Gasteiger partial charge on any atom is -0.211 e. The number of nitrogens with zero attached hydrogens (tertiary/aromatic N) is 2. The molecule has 0 fully saturated rings. The molecule has 158 valence electrons. The number of fused-ring (bicyclic) bond motifs is 2. The van der Waals surface area contributed by atoms with Crippen molar-refractivity contribution in [3.63, 3.8) is 0 Å². The van der Waals surface area contributed by atoms with Crippen molar-refractivity contribution in [3.05, 3.63) is 72.8 Å². The van der Waals surface area contributed by atoms with Crippen LogP contribution in [0.15, 0.2) is 82.8 Å². The molecule has 32 heavy (non-hydrogen) atoms. The molecular weight excluding hydrogens is 396 g/mol. The molecule has 5 rings (SSSR count). The second-order valence-electron chi connectivity index (χ2n) is 7.78. The lowest BCUT2D eigenvalue weighted by Gasteiger charge is -2.13. The molecule has 4 heteroatoms. The topological polar surface area (TPSA) is 58.9 Å². The summed E-state index contributed by atoms with van der Waals surface area (Å²) in [4.78, 5) is 26.1. The molecule has 5 aromatic carbocycles. The summed E-state index contributed by atoms with van der Waals surface area (Å²) in [5.41, 5.74) is 0. The van der Waals surface area contributed by atoms with E-state index in [0.29, 0.717) is 13.1 Å². The van der Waals surface area contributed by atoms with Crippen LogP contribution in [0.1, 0.15) is 25.7 Å². The predicted octanol–water partition coefficient (Wildman–Crippen LogP) is 6.96. The highest BCUT2D eigenvalue weighted by atomic mass is 16.1. The van der Waals surface area contributed by atoms with Crippen molar-refractivity contribution in [2.75, 3.05) is 13.1 Å². The molecule has 0 bridgehead atoms. The van der Waals surface area contributed by atoms with Gasteiger partial charge in [0.05, 0.1) is 13.1 Å². The van der Waals surface area contributed by atoms with Crippen LogP contribution in [0.3, 0.4) is 0 Å². The lowest BCUT2D eigenvalue weighted by atomic mass is 9.90. The number of unbranched alkanes of at least 4 members (excludes halogenated alkanes) is 3. The fourth-order valence-corrected chi connectivity index (χ4v) is 4.41. The van der Waals surface area contributed by atoms with Gasteiger partial charge in [-0.3, -0.25) is 0 Å². The standard InChI is InChI=1S/C20H12.C8H12N2O2/c1-5-13-6-2-11-17-18-12-4-8-14-7-3-10-16(20(14)18)15(9-1)19(13)17;11-7-9-5-3-1-2-4-6-10-8-12/h1-12H;1-6H2. The average molecular weight is 421 g/mol. The van der Waals surface area contributed by atoms with Crippen molar-refractivity contribution in [3.8, 4) is 0 Å². The first-order chi connectivity index (χ1) is 15.8. The van der Waals surface area contributed by atoms with Gasteiger partial charge in [-0.05, 0) is 55.9 Å². The van der Waals surface area contributed by atoms with Gasteiger partial charge in [0.15, 0.2) is 0 Å². The molecule has 0 radical (unpaired) electrons. The quantitative estimate of drug-likeness (QED) is 0.0940. The monoisotopic (exact) mass is 420 g/mol. The molecule has 0 aromatic heterocycles. The van der Waals surface area contributed by atoms with Gasteiger partial charge < -0.3 is 0 Å². The largest absolute Gasteiger partial charge is 0.234 e. The summed E-state index contributed by atoms with van der Waals surface area (Å²) in [6.45, 7) is 1.11. The van der Waals surface area contributed by atoms with E-state index in [-0.39, 0.29) is 0 Å². The van der Waals surface area contributed by atoms with Crippen LogP contribution in [0.5, 0.6) is 0 Å². The summed E-state index contributed by atoms with van der Waals surface area (Å²) in [5.74, 6) is 0. The maximum Gasteiger partial charge on any atom is 0.234 e. The third-order valence-electron chi connectivity index (χ3n) is 5.81. The minimum absolute atomic E-state index is 0.556. The summed E-state index contributed by atoms with van der Waals surface area (Å²) in [6, 6.07) is 26.4. The highest BCUT2D eigenvalue weighted by Crippen LogP contribution is 2.39. The molecule has 0 aliphatic rings. The first kappa shape index (κ1) is 21.4. The second kappa shape index (κ2) is 10.5. The molecular formula is C28H24N2O2. The fourth-order valence-electron chi connectivity index (χ4n) is 4.41. The van der Waals surface area contributed by atoms with Crippen LogP contribution >= 0.6 is 0 Å². The lowest BCUT2D eigenvalue weighted by molar-refractivity contribution is 0.558. The molecule has 0 aliphatic carbocycles. The molecule has 4 nitrogen and oxygen atoms in total. The van der Waals surface area contributed by atoms with Gasteiger partial charge in [-0.2, -0.15) is 0 Å². The Hall–Kier alpha value is -3.84. The Balaban J connectivity index is 0.000000178. The van der Waals surface area contributed by atoms with Crippen LogP contribution < -0.4 is 0 Å². The van der Waals surface area contributed by atoms with Crippen LogP contribution in [0.4, 0.5) is 0 Å². The highest BCUT2D eigenvalue weighted by molar-refractivity contribution is 6.32. The van der Waals surface area contributed by atoms with Crippen molar-refractivity contribution >= 4 is 55.2 Å². The Kier molecular flexibility index (Phi) is 6.99. The van der Waals surface area contributed by atoms with E-state index in [1.54, 1.807) is 0 Å². The Morgan fingerprint density at radius 1 is 0.500 bits per heavy atom. The van der Waals surface area contributed by atoms with Gasteiger partial charge in [0, 0.05) is 0 Å². The zero-order valence-corrected chi connectivity index (χ0v) is 17.9. The van der Waals surface area contributed by atoms with Crippen LogP contribution in [-0.4, -0.2) is 25.2 Å². The Morgan fingerprint density at radius 3 is 1.16 bits per heavy atom. The first-order valence-corrected chi connectivity index (χ1v) is 11.0. The van der Waals surface area contributed by atoms with Crippen molar-refractivity contribution < 1.29 is 9.59 Å². The van der Waals surface area contributed by atoms with Gasteiger partial charge in [0.2, 0.25) is 12.2 Å². The summed E-state index contributed by atoms with van der Waals surface area (Å²) < 4.78 is 0. The Labute approximate surface area is 186 Å². The third-order valence-corrected chi connectivity index (χ3v) is 5.81. The summed E-state index contributed by atoms with van der Waals surface area (Å²) in [6.07, 6.45) is 6.80. The van der Waals surface area contributed by atoms with Gasteiger partial charge in [-0.15, -0.1) is 0 Å². The van der Waals surface area contributed by atoms with Gasteiger partial charge in [0.25, 0.3) is 0 Å². The van der Waals surface area contributed by atoms with E-state index in [9.17, 15) is 9.59 Å². The summed E-state index contributed by atoms with van der Waals surface area (Å²) >= 11 is 0. The van der Waals surface area contributed by atoms with Crippen LogP contribution in [0.25, 0.3) is 43.1 Å². The van der Waals surface area contributed by atoms with Crippen molar-refractivity contribution in [1.82, 2.24) is 0 Å². The van der Waals surface area contributed by atoms with E-state index in [4.69, 9.17) is 0 Å². The van der Waals surface area contributed by atoms with Crippen molar-refractivity contribution in [1.29, 1.82) is 0 Å². The molecule has 0 saturated heterocycles. The molecule has 0 amide bonds. The zero-order chi connectivity index (χ0) is 22.2. The van der Waals surface area contributed by atoms with Gasteiger partial charge >= 0.3 is 0 Å². The van der Waals surface area contributed by atoms with E-state index in [2.05, 4.69) is 82.8 Å². The second-order valence-corrected chi connectivity index (χ2v) is 7.78. The number of hydrogen-bond acceptors (Lipinski definition) is 4. The molecule has 0 atom stereocenters. The smallest absolute Gasteiger partial charge is 0.211 e. The molecule has 0 saturated carbocycles. The van der Waals surface area contributed by atoms with Gasteiger partial charge in [0.1, 0.15) is 0 Å². The van der Waals surface area contributed by atoms with Crippen molar-refractivity contribution in [2.45, 2.75) is 25.7 Å². The number of benzene rings is 5. The Morgan fingerprint density at radius 2 is 0.844 bits per heavy atom. The zero-order valence-electron chi connectivity index (χ0n) is 17.9. The number of carbonyl (C=O) groups excluding carboxylic acids is 2. The Bertz CT molecular complexity index is 1250. The van der Waals surface area contributed by atoms with Crippen LogP contribution in [0.2, 0.25) is 0 Å². The predicted molar refractivity (Wildman–Crippen MR) is 132 cm³/mol. The average Bonchev–Trinajstić information content (AvgIpc) is 2.84. The van der Waals surface area contributed by atoms with E-state index < -0.39 is 0 Å². The number of rotatable bonds is 7. The van der Waals surface area contributed by atoms with Gasteiger partial charge in [-0.1, -0.05) is 85.6 Å². The first-order valence-electron chi connectivity index (χ1n) is 11.0. The number of aliphatic imine (C=N–C) groups is 2. The van der Waals surface area contributed by atoms with E-state index in [1.165, 1.54) is 55.2 Å². The maximum atomic E-state index is 9.63. The molecule has 0 aliphatic heterocycles. The van der Waals surface area contributed by atoms with Gasteiger partial charge in [-0.25, -0.2) is 19.6 Å². The number of hydrogen-bond donors (Lipinski definition) is 0. The number of isocyanates is 2. The van der Waals surface area contributed by atoms with E-state index in [1.807, 2.05) is 0 Å². The molecule has 0 heterocycles. The van der Waals surface area contributed by atoms with Crippen molar-refractivity contribution in [2.24, 2.45) is 9.98 Å². The summed E-state index contributed by atoms with van der Waals surface area (Å²) in [5, 5.41) is 10.9. The maximum absolute atomic E-state index is 9.63. The van der Waals surface area contributed by atoms with E-state index >= 15 is 0 Å². The molecule has 0 unspecified atom stereocenters. The molecule has 5 aromatic rings. The fraction of sp³-hybridized carbons (Fsp3) is 0.214. The summed E-state index contributed by atoms with van der Waals surface area (Å²) in [7, 11) is 0. The van der Waals surface area contributed by atoms with E-state index in [0.717, 1.165) is 25.7 Å². The van der Waals surface area contributed by atoms with Crippen LogP contribution in [0, 0.1) is 0 Å². The third kappa shape index (κ3) is 4.43. The molecule has 0 spiro atoms. The lowest BCUT2D eigenvalue weighted by Crippen LogP contribution is -1.85. The van der Waals surface area contributed by atoms with Crippen LogP contribution in [-0.2, 0) is 9.59 Å². The SMILES string of the molecule is O=C=NCCCCCCN=C=O.c1cc2cccc3c4cccc5cccc(c(c1)c23)c54.